The van der Waals surface area contributed by atoms with Gasteiger partial charge in [0.05, 0.1) is 32.8 Å². The number of primary amides is 1. The Kier molecular flexibility index (Phi) is 11.9. The van der Waals surface area contributed by atoms with Gasteiger partial charge in [0, 0.05) is 42.0 Å². The van der Waals surface area contributed by atoms with E-state index < -0.39 is 39.9 Å². The summed E-state index contributed by atoms with van der Waals surface area (Å²) in [6.45, 7) is 2.08. The van der Waals surface area contributed by atoms with Crippen LogP contribution < -0.4 is 31.1 Å². The first-order chi connectivity index (χ1) is 27.3. The second-order valence-electron chi connectivity index (χ2n) is 14.4. The number of nitrogens with two attached hydrogens (primary N) is 1. The Hall–Kier alpha value is -5.01. The maximum Gasteiger partial charge on any atom is 0.253 e. The van der Waals surface area contributed by atoms with E-state index in [1.165, 1.54) is 24.4 Å². The number of rotatable bonds is 11. The molecule has 300 valence electrons. The first-order valence-electron chi connectivity index (χ1n) is 18.6. The average molecular weight is 866 g/mol. The quantitative estimate of drug-likeness (QED) is 0.106. The second-order valence-corrected chi connectivity index (χ2v) is 17.0. The Balaban J connectivity index is 0.945. The van der Waals surface area contributed by atoms with Crippen LogP contribution in [-0.4, -0.2) is 64.3 Å². The van der Waals surface area contributed by atoms with Crippen LogP contribution in [0.15, 0.2) is 70.2 Å². The molecule has 2 atom stereocenters. The molecule has 2 unspecified atom stereocenters. The van der Waals surface area contributed by atoms with Crippen molar-refractivity contribution in [2.75, 3.05) is 10.6 Å². The lowest BCUT2D eigenvalue weighted by molar-refractivity contribution is -0.141. The largest absolute Gasteiger partial charge is 0.490 e. The van der Waals surface area contributed by atoms with Crippen LogP contribution in [0.2, 0.25) is 0 Å². The Morgan fingerprint density at radius 1 is 1.04 bits per heavy atom. The van der Waals surface area contributed by atoms with Crippen molar-refractivity contribution in [1.82, 2.24) is 24.9 Å². The van der Waals surface area contributed by atoms with Crippen molar-refractivity contribution in [3.63, 3.8) is 0 Å². The van der Waals surface area contributed by atoms with Gasteiger partial charge in [-0.2, -0.15) is 4.98 Å². The van der Waals surface area contributed by atoms with Crippen molar-refractivity contribution in [2.45, 2.75) is 94.1 Å². The molecule has 1 aliphatic carbocycles. The van der Waals surface area contributed by atoms with Crippen LogP contribution in [0.3, 0.4) is 0 Å². The van der Waals surface area contributed by atoms with Gasteiger partial charge in [0.15, 0.2) is 0 Å². The number of hydrogen-bond acceptors (Lipinski definition) is 12. The van der Waals surface area contributed by atoms with Crippen molar-refractivity contribution in [2.24, 2.45) is 5.73 Å². The van der Waals surface area contributed by atoms with Crippen LogP contribution in [0.1, 0.15) is 84.6 Å². The van der Waals surface area contributed by atoms with E-state index in [0.29, 0.717) is 65.7 Å². The van der Waals surface area contributed by atoms with Crippen molar-refractivity contribution in [1.29, 1.82) is 0 Å². The molecule has 18 heteroatoms. The number of imide groups is 1. The van der Waals surface area contributed by atoms with E-state index in [4.69, 9.17) is 10.5 Å². The lowest BCUT2D eigenvalue weighted by Crippen LogP contribution is -2.51. The highest BCUT2D eigenvalue weighted by atomic mass is 79.9. The van der Waals surface area contributed by atoms with Gasteiger partial charge in [0.2, 0.25) is 27.8 Å². The topological polar surface area (TPSA) is 218 Å². The smallest absolute Gasteiger partial charge is 0.253 e. The summed E-state index contributed by atoms with van der Waals surface area (Å²) in [6, 6.07) is 13.4. The molecule has 4 aromatic rings. The minimum Gasteiger partial charge on any atom is -0.490 e. The van der Waals surface area contributed by atoms with Gasteiger partial charge in [-0.3, -0.25) is 24.6 Å². The summed E-state index contributed by atoms with van der Waals surface area (Å²) in [5.74, 6) is -1.37. The van der Waals surface area contributed by atoms with Gasteiger partial charge in [-0.1, -0.05) is 18.2 Å². The Bertz CT molecular complexity index is 2320. The average Bonchev–Trinajstić information content (AvgIpc) is 3.48. The molecule has 2 fully saturated rings. The molecule has 0 radical (unpaired) electrons. The predicted octanol–water partition coefficient (Wildman–Crippen LogP) is 5.33. The van der Waals surface area contributed by atoms with E-state index in [1.807, 2.05) is 18.2 Å². The van der Waals surface area contributed by atoms with Crippen molar-refractivity contribution in [3.05, 3.63) is 93.3 Å². The van der Waals surface area contributed by atoms with Crippen LogP contribution >= 0.6 is 15.9 Å². The summed E-state index contributed by atoms with van der Waals surface area (Å²) < 4.78 is 51.3. The molecular formula is C39H42BrFN8O7S. The lowest BCUT2D eigenvalue weighted by atomic mass is 9.95. The molecule has 2 aliphatic heterocycles. The number of aliphatic hydroxyl groups is 1. The van der Waals surface area contributed by atoms with E-state index in [0.717, 1.165) is 24.5 Å². The first kappa shape index (κ1) is 40.2. The number of anilines is 4. The minimum atomic E-state index is -3.86. The monoisotopic (exact) mass is 864 g/mol. The van der Waals surface area contributed by atoms with E-state index in [1.54, 1.807) is 24.0 Å². The van der Waals surface area contributed by atoms with E-state index >= 15 is 0 Å². The van der Waals surface area contributed by atoms with E-state index in [9.17, 15) is 32.3 Å². The maximum atomic E-state index is 14.3. The fourth-order valence-corrected chi connectivity index (χ4v) is 9.27. The number of aromatic nitrogens is 2. The number of nitrogens with one attached hydrogen (secondary N) is 4. The summed E-state index contributed by atoms with van der Waals surface area (Å²) in [7, 11) is -3.86. The number of hydrogen-bond donors (Lipinski definition) is 6. The van der Waals surface area contributed by atoms with Gasteiger partial charge in [-0.15, -0.1) is 0 Å². The third-order valence-corrected chi connectivity index (χ3v) is 12.6. The highest BCUT2D eigenvalue weighted by Crippen LogP contribution is 2.40. The zero-order valence-corrected chi connectivity index (χ0v) is 33.3. The molecule has 1 saturated heterocycles. The number of fused-ring (bicyclic) bond motifs is 1. The molecule has 57 heavy (non-hydrogen) atoms. The summed E-state index contributed by atoms with van der Waals surface area (Å²) in [6.07, 6.45) is 5.08. The number of nitrogens with zero attached hydrogens (tertiary/aromatic N) is 3. The van der Waals surface area contributed by atoms with Gasteiger partial charge in [-0.05, 0) is 110 Å². The SMILES string of the molecule is Cc1cc(S(=O)(=O)NC2CCCC(Oc3cccc4c3CN(C3CCC(=O)NC3=O)C4O)CCC2)ccc1Nc1ncc(Br)c(Nc2cccc(F)c2C(N)=O)n1. The van der Waals surface area contributed by atoms with Crippen LogP contribution in [0.5, 0.6) is 5.75 Å². The number of carbonyl (C=O) groups is 3. The number of aryl methyl sites for hydroxylation is 1. The number of carbonyl (C=O) groups excluding carboxylic acids is 3. The van der Waals surface area contributed by atoms with Gasteiger partial charge in [0.25, 0.3) is 5.91 Å². The van der Waals surface area contributed by atoms with Crippen LogP contribution in [0.4, 0.5) is 27.5 Å². The number of ether oxygens (including phenoxy) is 1. The highest BCUT2D eigenvalue weighted by Gasteiger charge is 2.41. The normalized spacial score (nSPS) is 21.5. The van der Waals surface area contributed by atoms with Gasteiger partial charge < -0.3 is 26.2 Å². The fourth-order valence-electron chi connectivity index (χ4n) is 7.59. The number of benzene rings is 3. The van der Waals surface area contributed by atoms with E-state index in [-0.39, 0.29) is 52.4 Å². The number of halogens is 2. The van der Waals surface area contributed by atoms with Gasteiger partial charge >= 0.3 is 0 Å². The lowest BCUT2D eigenvalue weighted by Gasteiger charge is -2.31. The maximum absolute atomic E-state index is 14.3. The minimum absolute atomic E-state index is 0.103. The number of sulfonamides is 1. The number of piperidine rings is 1. The van der Waals surface area contributed by atoms with Crippen molar-refractivity contribution in [3.8, 4) is 5.75 Å². The molecule has 15 nitrogen and oxygen atoms in total. The second kappa shape index (κ2) is 16.8. The highest BCUT2D eigenvalue weighted by molar-refractivity contribution is 9.10. The van der Waals surface area contributed by atoms with E-state index in [2.05, 4.69) is 46.6 Å². The molecule has 0 bridgehead atoms. The molecule has 3 amide bonds. The molecule has 3 heterocycles. The van der Waals surface area contributed by atoms with Crippen LogP contribution in [0, 0.1) is 12.7 Å². The number of aliphatic hydroxyl groups excluding tert-OH is 1. The van der Waals surface area contributed by atoms with Crippen molar-refractivity contribution >= 4 is 66.8 Å². The van der Waals surface area contributed by atoms with Crippen molar-refractivity contribution < 1.29 is 37.0 Å². The predicted molar refractivity (Wildman–Crippen MR) is 212 cm³/mol. The summed E-state index contributed by atoms with van der Waals surface area (Å²) in [5, 5.41) is 19.5. The molecule has 3 aliphatic rings. The Labute approximate surface area is 337 Å². The molecule has 3 aromatic carbocycles. The van der Waals surface area contributed by atoms with Gasteiger partial charge in [-0.25, -0.2) is 22.5 Å². The molecular weight excluding hydrogens is 823 g/mol. The first-order valence-corrected chi connectivity index (χ1v) is 20.9. The zero-order valence-electron chi connectivity index (χ0n) is 30.9. The summed E-state index contributed by atoms with van der Waals surface area (Å²) in [4.78, 5) is 46.6. The third-order valence-electron chi connectivity index (χ3n) is 10.5. The van der Waals surface area contributed by atoms with Crippen LogP contribution in [-0.2, 0) is 26.2 Å². The standard InChI is InChI=1S/C39H42BrFN8O7S/c1-21-18-24(14-15-29(21)45-39-43-19-27(40)36(47-39)44-30-12-5-11-28(41)34(30)35(42)51)57(54,55)48-22-6-2-8-23(9-3-7-22)56-32-13-4-10-25-26(32)20-49(38(25)53)31-16-17-33(50)46-37(31)52/h4-5,10-15,18-19,22-23,31,38,48,53H,2-3,6-9,16-17,20H2,1H3,(H2,42,51)(H,46,50,52)(H2,43,44,45,47). The third kappa shape index (κ3) is 8.94. The molecule has 1 aromatic heterocycles. The van der Waals surface area contributed by atoms with Gasteiger partial charge in [0.1, 0.15) is 23.6 Å². The number of amides is 3. The Morgan fingerprint density at radius 2 is 1.79 bits per heavy atom. The molecule has 0 spiro atoms. The molecule has 7 rings (SSSR count). The van der Waals surface area contributed by atoms with Crippen LogP contribution in [0.25, 0.3) is 0 Å². The molecule has 7 N–H and O–H groups in total. The summed E-state index contributed by atoms with van der Waals surface area (Å²) in [5.41, 5.74) is 7.89. The zero-order chi connectivity index (χ0) is 40.4. The fraction of sp³-hybridized carbons (Fsp3) is 0.359. The summed E-state index contributed by atoms with van der Waals surface area (Å²) >= 11 is 3.36. The molecule has 1 saturated carbocycles. The Morgan fingerprint density at radius 3 is 2.51 bits per heavy atom.